The average molecular weight is 323 g/mol. The van der Waals surface area contributed by atoms with Crippen LogP contribution in [0.4, 0.5) is 13.2 Å². The van der Waals surface area contributed by atoms with Crippen LogP contribution in [-0.4, -0.2) is 17.1 Å². The predicted molar refractivity (Wildman–Crippen MR) is 79.3 cm³/mol. The first-order chi connectivity index (χ1) is 11.0. The lowest BCUT2D eigenvalue weighted by molar-refractivity contribution is -0.137. The molecule has 0 saturated carbocycles. The molecule has 2 aromatic carbocycles. The number of halogens is 3. The highest BCUT2D eigenvalue weighted by molar-refractivity contribution is 5.67. The Kier molecular flexibility index (Phi) is 5.76. The lowest BCUT2D eigenvalue weighted by Gasteiger charge is -2.17. The van der Waals surface area contributed by atoms with Crippen LogP contribution in [0.1, 0.15) is 17.5 Å². The van der Waals surface area contributed by atoms with Crippen molar-refractivity contribution in [2.24, 2.45) is 0 Å². The number of hydrogen-bond acceptors (Lipinski definition) is 2. The number of carboxylic acid groups (broad SMARTS) is 1. The normalized spacial score (nSPS) is 12.1. The molecule has 0 amide bonds. The van der Waals surface area contributed by atoms with Gasteiger partial charge in [-0.2, -0.15) is 0 Å². The third kappa shape index (κ3) is 5.10. The molecule has 2 N–H and O–H groups in total. The first-order valence-electron chi connectivity index (χ1n) is 7.08. The summed E-state index contributed by atoms with van der Waals surface area (Å²) in [6, 6.07) is 9.91. The van der Waals surface area contributed by atoms with Gasteiger partial charge in [-0.3, -0.25) is 4.79 Å². The molecule has 2 rings (SSSR count). The maximum Gasteiger partial charge on any atom is 0.304 e. The van der Waals surface area contributed by atoms with Crippen molar-refractivity contribution in [2.75, 3.05) is 0 Å². The first-order valence-corrected chi connectivity index (χ1v) is 7.08. The van der Waals surface area contributed by atoms with E-state index in [0.717, 1.165) is 11.6 Å². The van der Waals surface area contributed by atoms with Gasteiger partial charge in [-0.05, 0) is 23.6 Å². The first kappa shape index (κ1) is 17.0. The SMILES string of the molecule is O=C(O)CC(Cc1cc(F)c(F)cc1F)NCc1ccccc1. The van der Waals surface area contributed by atoms with Crippen LogP contribution in [0.5, 0.6) is 0 Å². The molecule has 0 heterocycles. The zero-order valence-electron chi connectivity index (χ0n) is 12.2. The van der Waals surface area contributed by atoms with Crippen molar-refractivity contribution in [2.45, 2.75) is 25.4 Å². The Morgan fingerprint density at radius 3 is 2.35 bits per heavy atom. The summed E-state index contributed by atoms with van der Waals surface area (Å²) >= 11 is 0. The zero-order valence-corrected chi connectivity index (χ0v) is 12.2. The van der Waals surface area contributed by atoms with Crippen molar-refractivity contribution in [3.05, 3.63) is 71.0 Å². The molecule has 1 unspecified atom stereocenters. The topological polar surface area (TPSA) is 49.3 Å². The maximum atomic E-state index is 13.7. The Morgan fingerprint density at radius 1 is 1.04 bits per heavy atom. The van der Waals surface area contributed by atoms with Gasteiger partial charge in [0.05, 0.1) is 6.42 Å². The third-order valence-corrected chi connectivity index (χ3v) is 3.41. The molecule has 23 heavy (non-hydrogen) atoms. The number of nitrogens with one attached hydrogen (secondary N) is 1. The minimum atomic E-state index is -1.27. The van der Waals surface area contributed by atoms with Crippen LogP contribution < -0.4 is 5.32 Å². The molecule has 0 aliphatic carbocycles. The lowest BCUT2D eigenvalue weighted by Crippen LogP contribution is -2.33. The summed E-state index contributed by atoms with van der Waals surface area (Å²) in [5.41, 5.74) is 0.879. The van der Waals surface area contributed by atoms with E-state index >= 15 is 0 Å². The Hall–Kier alpha value is -2.34. The summed E-state index contributed by atoms with van der Waals surface area (Å²) in [6.07, 6.45) is -0.312. The predicted octanol–water partition coefficient (Wildman–Crippen LogP) is 3.28. The molecular formula is C17H16F3NO2. The van der Waals surface area contributed by atoms with Gasteiger partial charge in [-0.15, -0.1) is 0 Å². The van der Waals surface area contributed by atoms with Gasteiger partial charge in [0.2, 0.25) is 0 Å². The molecule has 0 radical (unpaired) electrons. The van der Waals surface area contributed by atoms with Gasteiger partial charge in [0.1, 0.15) is 5.82 Å². The van der Waals surface area contributed by atoms with E-state index in [1.807, 2.05) is 30.3 Å². The largest absolute Gasteiger partial charge is 0.481 e. The number of aliphatic carboxylic acids is 1. The molecule has 3 nitrogen and oxygen atoms in total. The fourth-order valence-electron chi connectivity index (χ4n) is 2.27. The molecule has 0 bridgehead atoms. The standard InChI is InChI=1S/C17H16F3NO2/c18-14-9-16(20)15(19)7-12(14)6-13(8-17(22)23)21-10-11-4-2-1-3-5-11/h1-5,7,9,13,21H,6,8,10H2,(H,22,23). The lowest BCUT2D eigenvalue weighted by atomic mass is 10.0. The van der Waals surface area contributed by atoms with Crippen LogP contribution in [0.15, 0.2) is 42.5 Å². The Morgan fingerprint density at radius 2 is 1.70 bits per heavy atom. The third-order valence-electron chi connectivity index (χ3n) is 3.41. The Labute approximate surface area is 131 Å². The maximum absolute atomic E-state index is 13.7. The minimum absolute atomic E-state index is 0.0534. The van der Waals surface area contributed by atoms with Crippen LogP contribution in [-0.2, 0) is 17.8 Å². The van der Waals surface area contributed by atoms with E-state index in [4.69, 9.17) is 5.11 Å². The van der Waals surface area contributed by atoms with E-state index in [-0.39, 0.29) is 18.4 Å². The van der Waals surface area contributed by atoms with Crippen LogP contribution in [0.2, 0.25) is 0 Å². The molecule has 1 atom stereocenters. The van der Waals surface area contributed by atoms with E-state index in [0.29, 0.717) is 12.6 Å². The van der Waals surface area contributed by atoms with Gasteiger partial charge in [-0.25, -0.2) is 13.2 Å². The molecule has 122 valence electrons. The highest BCUT2D eigenvalue weighted by Crippen LogP contribution is 2.16. The zero-order chi connectivity index (χ0) is 16.8. The van der Waals surface area contributed by atoms with Gasteiger partial charge < -0.3 is 10.4 Å². The van der Waals surface area contributed by atoms with E-state index in [2.05, 4.69) is 5.32 Å². The second-order valence-corrected chi connectivity index (χ2v) is 5.22. The summed E-state index contributed by atoms with van der Waals surface area (Å²) in [7, 11) is 0. The van der Waals surface area contributed by atoms with Gasteiger partial charge in [0.25, 0.3) is 0 Å². The van der Waals surface area contributed by atoms with Crippen LogP contribution in [0.25, 0.3) is 0 Å². The van der Waals surface area contributed by atoms with Gasteiger partial charge in [-0.1, -0.05) is 30.3 Å². The molecule has 6 heteroatoms. The molecule has 0 aliphatic rings. The van der Waals surface area contributed by atoms with Crippen molar-refractivity contribution in [3.63, 3.8) is 0 Å². The molecule has 0 aromatic heterocycles. The highest BCUT2D eigenvalue weighted by Gasteiger charge is 2.17. The van der Waals surface area contributed by atoms with Crippen LogP contribution in [0, 0.1) is 17.5 Å². The van der Waals surface area contributed by atoms with E-state index in [9.17, 15) is 18.0 Å². The molecule has 2 aromatic rings. The fraction of sp³-hybridized carbons (Fsp3) is 0.235. The molecule has 0 spiro atoms. The van der Waals surface area contributed by atoms with E-state index in [1.165, 1.54) is 0 Å². The number of benzene rings is 2. The summed E-state index contributed by atoms with van der Waals surface area (Å²) < 4.78 is 39.9. The van der Waals surface area contributed by atoms with Crippen LogP contribution >= 0.6 is 0 Å². The number of hydrogen-bond donors (Lipinski definition) is 2. The monoisotopic (exact) mass is 323 g/mol. The Balaban J connectivity index is 2.09. The Bertz CT molecular complexity index is 677. The molecule has 0 aliphatic heterocycles. The molecule has 0 fully saturated rings. The second kappa shape index (κ2) is 7.78. The van der Waals surface area contributed by atoms with Crippen molar-refractivity contribution in [1.82, 2.24) is 5.32 Å². The van der Waals surface area contributed by atoms with Crippen molar-refractivity contribution >= 4 is 5.97 Å². The highest BCUT2D eigenvalue weighted by atomic mass is 19.2. The van der Waals surface area contributed by atoms with Gasteiger partial charge in [0.15, 0.2) is 11.6 Å². The van der Waals surface area contributed by atoms with Crippen molar-refractivity contribution in [3.8, 4) is 0 Å². The summed E-state index contributed by atoms with van der Waals surface area (Å²) in [5, 5.41) is 12.0. The second-order valence-electron chi connectivity index (χ2n) is 5.22. The summed E-state index contributed by atoms with van der Waals surface area (Å²) in [5.74, 6) is -4.36. The van der Waals surface area contributed by atoms with E-state index in [1.54, 1.807) is 0 Å². The number of rotatable bonds is 7. The fourth-order valence-corrected chi connectivity index (χ4v) is 2.27. The summed E-state index contributed by atoms with van der Waals surface area (Å²) in [6.45, 7) is 0.393. The number of carbonyl (C=O) groups is 1. The smallest absolute Gasteiger partial charge is 0.304 e. The summed E-state index contributed by atoms with van der Waals surface area (Å²) in [4.78, 5) is 10.9. The van der Waals surface area contributed by atoms with E-state index < -0.39 is 29.5 Å². The van der Waals surface area contributed by atoms with Crippen molar-refractivity contribution in [1.29, 1.82) is 0 Å². The molecule has 0 saturated heterocycles. The van der Waals surface area contributed by atoms with Gasteiger partial charge >= 0.3 is 5.97 Å². The minimum Gasteiger partial charge on any atom is -0.481 e. The number of carboxylic acids is 1. The molecular weight excluding hydrogens is 307 g/mol. The van der Waals surface area contributed by atoms with Crippen molar-refractivity contribution < 1.29 is 23.1 Å². The quantitative estimate of drug-likeness (QED) is 0.769. The van der Waals surface area contributed by atoms with Crippen LogP contribution in [0.3, 0.4) is 0 Å². The van der Waals surface area contributed by atoms with Gasteiger partial charge in [0, 0.05) is 18.7 Å². The average Bonchev–Trinajstić information content (AvgIpc) is 2.50.